The first-order valence-electron chi connectivity index (χ1n) is 22.4. The summed E-state index contributed by atoms with van der Waals surface area (Å²) in [5.41, 5.74) is -3.40. The number of anilines is 1. The zero-order chi connectivity index (χ0) is 46.5. The zero-order valence-electron chi connectivity index (χ0n) is 39.6. The first-order valence-corrected chi connectivity index (χ1v) is 22.4. The molecule has 0 bridgehead atoms. The molecule has 3 fully saturated rings. The molecule has 4 rings (SSSR count). The smallest absolute Gasteiger partial charge is 0.311 e. The van der Waals surface area contributed by atoms with Gasteiger partial charge in [0.2, 0.25) is 0 Å². The molecule has 1 aromatic carbocycles. The van der Waals surface area contributed by atoms with Gasteiger partial charge in [0.1, 0.15) is 30.5 Å². The minimum atomic E-state index is -1.95. The van der Waals surface area contributed by atoms with Gasteiger partial charge in [-0.2, -0.15) is 0 Å². The fourth-order valence-electron chi connectivity index (χ4n) is 9.70. The first kappa shape index (κ1) is 52.1. The molecule has 3 aliphatic rings. The molecule has 0 aliphatic carbocycles. The highest BCUT2D eigenvalue weighted by Gasteiger charge is 2.53. The van der Waals surface area contributed by atoms with Crippen LogP contribution >= 0.6 is 0 Å². The van der Waals surface area contributed by atoms with Crippen molar-refractivity contribution in [3.8, 4) is 0 Å². The van der Waals surface area contributed by atoms with Crippen molar-refractivity contribution in [1.82, 2.24) is 4.90 Å². The summed E-state index contributed by atoms with van der Waals surface area (Å²) in [6, 6.07) is 9.50. The van der Waals surface area contributed by atoms with E-state index in [4.69, 9.17) is 33.3 Å². The molecule has 0 spiro atoms. The van der Waals surface area contributed by atoms with Gasteiger partial charge in [-0.1, -0.05) is 51.0 Å². The molecule has 0 aromatic heterocycles. The number of aliphatic hydroxyl groups excluding tert-OH is 3. The van der Waals surface area contributed by atoms with Gasteiger partial charge >= 0.3 is 5.97 Å². The van der Waals surface area contributed by atoms with E-state index in [-0.39, 0.29) is 38.0 Å². The van der Waals surface area contributed by atoms with Crippen molar-refractivity contribution in [3.63, 3.8) is 0 Å². The van der Waals surface area contributed by atoms with Crippen LogP contribution in [0.2, 0.25) is 0 Å². The van der Waals surface area contributed by atoms with E-state index < -0.39 is 102 Å². The summed E-state index contributed by atoms with van der Waals surface area (Å²) >= 11 is 0. The predicted octanol–water partition coefficient (Wildman–Crippen LogP) is 3.73. The summed E-state index contributed by atoms with van der Waals surface area (Å²) < 4.78 is 37.9. The zero-order valence-corrected chi connectivity index (χ0v) is 39.6. The average molecular weight is 882 g/mol. The molecule has 356 valence electrons. The van der Waals surface area contributed by atoms with Crippen molar-refractivity contribution < 1.29 is 63.6 Å². The van der Waals surface area contributed by atoms with Crippen LogP contribution in [0.1, 0.15) is 94.9 Å². The van der Waals surface area contributed by atoms with Crippen molar-refractivity contribution in [2.45, 2.75) is 179 Å². The Hall–Kier alpha value is -2.48. The van der Waals surface area contributed by atoms with Crippen molar-refractivity contribution in [1.29, 1.82) is 0 Å². The predicted molar refractivity (Wildman–Crippen MR) is 234 cm³/mol. The van der Waals surface area contributed by atoms with E-state index in [2.05, 4.69) is 5.16 Å². The van der Waals surface area contributed by atoms with Gasteiger partial charge in [-0.25, -0.2) is 0 Å². The maximum Gasteiger partial charge on any atom is 0.311 e. The number of carbonyl (C=O) groups excluding carboxylic acids is 1. The molecule has 16 nitrogen and oxygen atoms in total. The number of likely N-dealkylation sites (N-methyl/N-ethyl adjacent to an activating group) is 2. The molecule has 18 atom stereocenters. The van der Waals surface area contributed by atoms with E-state index in [0.717, 1.165) is 5.69 Å². The van der Waals surface area contributed by atoms with Crippen LogP contribution in [-0.4, -0.2) is 168 Å². The number of hydrogen-bond acceptors (Lipinski definition) is 16. The number of cyclic esters (lactones) is 1. The summed E-state index contributed by atoms with van der Waals surface area (Å²) in [5, 5.41) is 64.3. The van der Waals surface area contributed by atoms with Crippen LogP contribution in [0.3, 0.4) is 0 Å². The van der Waals surface area contributed by atoms with Crippen LogP contribution in [-0.2, 0) is 38.1 Å². The number of para-hydroxylation sites is 1. The number of rotatable bonds is 12. The molecule has 3 aliphatic heterocycles. The van der Waals surface area contributed by atoms with Crippen LogP contribution in [0.25, 0.3) is 0 Å². The minimum absolute atomic E-state index is 0.00352. The molecule has 16 heteroatoms. The summed E-state index contributed by atoms with van der Waals surface area (Å²) in [6.07, 6.45) is -9.37. The second-order valence-corrected chi connectivity index (χ2v) is 19.2. The Labute approximate surface area is 369 Å². The number of oxime groups is 1. The lowest BCUT2D eigenvalue weighted by atomic mass is 9.73. The van der Waals surface area contributed by atoms with Crippen LogP contribution in [0, 0.1) is 23.7 Å². The number of aliphatic hydroxyl groups is 5. The van der Waals surface area contributed by atoms with E-state index in [1.165, 1.54) is 14.0 Å². The maximum atomic E-state index is 14.4. The number of ether oxygens (including phenoxy) is 6. The quantitative estimate of drug-likeness (QED) is 0.116. The van der Waals surface area contributed by atoms with Crippen LogP contribution in [0.5, 0.6) is 0 Å². The second-order valence-electron chi connectivity index (χ2n) is 19.2. The Morgan fingerprint density at radius 3 is 2.13 bits per heavy atom. The van der Waals surface area contributed by atoms with Crippen molar-refractivity contribution in [2.24, 2.45) is 28.8 Å². The third-order valence-electron chi connectivity index (χ3n) is 13.7. The maximum absolute atomic E-state index is 14.4. The second kappa shape index (κ2) is 21.7. The van der Waals surface area contributed by atoms with E-state index >= 15 is 0 Å². The third kappa shape index (κ3) is 12.0. The molecule has 62 heavy (non-hydrogen) atoms. The normalized spacial score (nSPS) is 43.5. The number of nitrogens with zero attached hydrogens (tertiary/aromatic N) is 3. The highest BCUT2D eigenvalue weighted by atomic mass is 16.7. The molecule has 2 unspecified atom stereocenters. The first-order chi connectivity index (χ1) is 28.9. The van der Waals surface area contributed by atoms with Gasteiger partial charge in [0.15, 0.2) is 12.6 Å². The largest absolute Gasteiger partial charge is 0.459 e. The fourth-order valence-corrected chi connectivity index (χ4v) is 9.70. The van der Waals surface area contributed by atoms with E-state index in [1.807, 2.05) is 75.1 Å². The molecule has 1 aromatic rings. The SMILES string of the molecule is CC[C@H]1OC(=O)[C@H](C)[C@@H](OC2C[C@@](C)(OC)[C@@H](O)[C@H](C)O2)[C@H](C)[C@@H](O[C@@H]2O[C@H](C)C[C@H](N(C)C)[C@H]2O)C(C)(O)C[C@@H](C)/C(=N\OCCN(C)c2ccccc2)[C@H](C)[C@@H](O)[C@]1(C)O. The number of methoxy groups -OCH3 is 1. The van der Waals surface area contributed by atoms with Crippen molar-refractivity contribution >= 4 is 17.4 Å². The summed E-state index contributed by atoms with van der Waals surface area (Å²) in [6.45, 7) is 17.9. The lowest BCUT2D eigenvalue weighted by Gasteiger charge is -2.49. The van der Waals surface area contributed by atoms with Gasteiger partial charge in [-0.15, -0.1) is 0 Å². The van der Waals surface area contributed by atoms with Crippen molar-refractivity contribution in [2.75, 3.05) is 46.3 Å². The fraction of sp³-hybridized carbons (Fsp3) is 0.826. The lowest BCUT2D eigenvalue weighted by Crippen LogP contribution is -2.61. The molecule has 3 saturated heterocycles. The Morgan fingerprint density at radius 1 is 0.887 bits per heavy atom. The monoisotopic (exact) mass is 882 g/mol. The number of hydrogen-bond donors (Lipinski definition) is 5. The molecule has 3 heterocycles. The highest BCUT2D eigenvalue weighted by Crippen LogP contribution is 2.41. The molecular formula is C46H79N3O13. The van der Waals surface area contributed by atoms with Crippen molar-refractivity contribution in [3.05, 3.63) is 30.3 Å². The lowest BCUT2D eigenvalue weighted by molar-refractivity contribution is -0.317. The van der Waals surface area contributed by atoms with Gasteiger partial charge < -0.3 is 68.6 Å². The molecule has 0 radical (unpaired) electrons. The highest BCUT2D eigenvalue weighted by molar-refractivity contribution is 5.88. The van der Waals surface area contributed by atoms with Gasteiger partial charge in [0, 0.05) is 50.1 Å². The summed E-state index contributed by atoms with van der Waals surface area (Å²) in [4.78, 5) is 24.3. The Bertz CT molecular complexity index is 1580. The van der Waals surface area contributed by atoms with Crippen LogP contribution < -0.4 is 4.90 Å². The van der Waals surface area contributed by atoms with Gasteiger partial charge in [-0.3, -0.25) is 4.79 Å². The van der Waals surface area contributed by atoms with E-state index in [0.29, 0.717) is 18.7 Å². The standard InChI is InChI=1S/C46H79N3O13/c1-15-34-46(10,55)39(51)28(4)36(47-57-22-21-49(13)32-19-17-16-18-20-32)26(2)24-44(8,54)41(62-43-37(50)33(48(11)12)23-27(3)58-43)29(5)38(30(6)42(53)60-34)61-35-25-45(9,56-14)40(52)31(7)59-35/h16-20,26-31,33-35,37-41,43,50-52,54-55H,15,21-25H2,1-14H3/b47-36+/t26-,27-,28+,29+,30-,31+,33+,34-,35?,37-,38+,39-,40+,41-,43+,44?,45-,46-/m1/s1. The average Bonchev–Trinajstić information content (AvgIpc) is 3.22. The molecule has 0 saturated carbocycles. The minimum Gasteiger partial charge on any atom is -0.459 e. The van der Waals surface area contributed by atoms with Crippen LogP contribution in [0.15, 0.2) is 35.5 Å². The number of esters is 1. The third-order valence-corrected chi connectivity index (χ3v) is 13.7. The summed E-state index contributed by atoms with van der Waals surface area (Å²) in [5.74, 6) is -4.05. The molecule has 5 N–H and O–H groups in total. The van der Waals surface area contributed by atoms with Gasteiger partial charge in [0.25, 0.3) is 0 Å². The summed E-state index contributed by atoms with van der Waals surface area (Å²) in [7, 11) is 7.19. The van der Waals surface area contributed by atoms with Gasteiger partial charge in [-0.05, 0) is 87.0 Å². The Morgan fingerprint density at radius 2 is 1.53 bits per heavy atom. The number of carbonyl (C=O) groups is 1. The van der Waals surface area contributed by atoms with Gasteiger partial charge in [0.05, 0.1) is 59.9 Å². The van der Waals surface area contributed by atoms with E-state index in [1.54, 1.807) is 48.5 Å². The van der Waals surface area contributed by atoms with Crippen LogP contribution in [0.4, 0.5) is 5.69 Å². The topological polar surface area (TPSA) is 202 Å². The molecular weight excluding hydrogens is 803 g/mol. The molecule has 0 amide bonds. The number of benzene rings is 1. The Kier molecular flexibility index (Phi) is 18.2. The Balaban J connectivity index is 1.83. The van der Waals surface area contributed by atoms with E-state index in [9.17, 15) is 30.3 Å².